The molecule has 1 fully saturated rings. The van der Waals surface area contributed by atoms with Crippen LogP contribution in [-0.2, 0) is 4.79 Å². The SMILES string of the molecule is CC(C)(C)N1CC(NC(=O)COn2nnc3ccccc32)C1. The molecule has 0 atom stereocenters. The number of hydrogen-bond donors (Lipinski definition) is 1. The summed E-state index contributed by atoms with van der Waals surface area (Å²) in [5.74, 6) is -0.141. The minimum Gasteiger partial charge on any atom is -0.385 e. The van der Waals surface area contributed by atoms with Gasteiger partial charge in [0.1, 0.15) is 11.0 Å². The van der Waals surface area contributed by atoms with Crippen LogP contribution in [0, 0.1) is 0 Å². The highest BCUT2D eigenvalue weighted by Crippen LogP contribution is 2.20. The third-order valence-electron chi connectivity index (χ3n) is 3.83. The fourth-order valence-corrected chi connectivity index (χ4v) is 2.45. The van der Waals surface area contributed by atoms with E-state index in [1.54, 1.807) is 0 Å². The maximum absolute atomic E-state index is 11.9. The van der Waals surface area contributed by atoms with Crippen molar-refractivity contribution < 1.29 is 9.63 Å². The minimum absolute atomic E-state index is 0.0701. The number of fused-ring (bicyclic) bond motifs is 1. The number of hydrogen-bond acceptors (Lipinski definition) is 5. The molecule has 0 radical (unpaired) electrons. The molecule has 118 valence electrons. The van der Waals surface area contributed by atoms with Crippen LogP contribution in [0.5, 0.6) is 0 Å². The summed E-state index contributed by atoms with van der Waals surface area (Å²) in [5, 5.41) is 10.8. The lowest BCUT2D eigenvalue weighted by Crippen LogP contribution is -2.64. The molecule has 2 aromatic rings. The second kappa shape index (κ2) is 5.57. The maximum atomic E-state index is 11.9. The van der Waals surface area contributed by atoms with Gasteiger partial charge in [-0.3, -0.25) is 9.69 Å². The molecule has 1 aliphatic rings. The van der Waals surface area contributed by atoms with Crippen molar-refractivity contribution in [1.29, 1.82) is 0 Å². The first-order chi connectivity index (χ1) is 10.4. The van der Waals surface area contributed by atoms with Gasteiger partial charge in [-0.15, -0.1) is 5.10 Å². The molecule has 0 saturated carbocycles. The summed E-state index contributed by atoms with van der Waals surface area (Å²) in [7, 11) is 0. The zero-order chi connectivity index (χ0) is 15.7. The summed E-state index contributed by atoms with van der Waals surface area (Å²) < 4.78 is 0. The van der Waals surface area contributed by atoms with Crippen LogP contribution in [0.3, 0.4) is 0 Å². The first-order valence-corrected chi connectivity index (χ1v) is 7.41. The highest BCUT2D eigenvalue weighted by molar-refractivity contribution is 5.78. The number of nitrogens with zero attached hydrogens (tertiary/aromatic N) is 4. The Balaban J connectivity index is 1.47. The summed E-state index contributed by atoms with van der Waals surface area (Å²) in [6.07, 6.45) is 0. The van der Waals surface area contributed by atoms with Crippen molar-refractivity contribution in [3.63, 3.8) is 0 Å². The molecule has 1 N–H and O–H groups in total. The standard InChI is InChI=1S/C15H21N5O2/c1-15(2,3)19-8-11(9-19)16-14(21)10-22-20-13-7-5-4-6-12(13)17-18-20/h4-7,11H,8-10H2,1-3H3,(H,16,21). The number of aromatic nitrogens is 3. The first kappa shape index (κ1) is 14.8. The average molecular weight is 303 g/mol. The Kier molecular flexibility index (Phi) is 3.74. The smallest absolute Gasteiger partial charge is 0.261 e. The van der Waals surface area contributed by atoms with Gasteiger partial charge >= 0.3 is 0 Å². The monoisotopic (exact) mass is 303 g/mol. The summed E-state index contributed by atoms with van der Waals surface area (Å²) in [6.45, 7) is 8.19. The van der Waals surface area contributed by atoms with Gasteiger partial charge in [0.05, 0.1) is 6.04 Å². The quantitative estimate of drug-likeness (QED) is 0.888. The number of carbonyl (C=O) groups excluding carboxylic acids is 1. The molecule has 1 saturated heterocycles. The van der Waals surface area contributed by atoms with Crippen LogP contribution in [0.15, 0.2) is 24.3 Å². The van der Waals surface area contributed by atoms with E-state index in [1.807, 2.05) is 24.3 Å². The Morgan fingerprint density at radius 3 is 2.82 bits per heavy atom. The van der Waals surface area contributed by atoms with Gasteiger partial charge in [0.25, 0.3) is 5.91 Å². The number of amides is 1. The van der Waals surface area contributed by atoms with Gasteiger partial charge < -0.3 is 10.2 Å². The lowest BCUT2D eigenvalue weighted by Gasteiger charge is -2.47. The van der Waals surface area contributed by atoms with Gasteiger partial charge in [-0.05, 0) is 38.1 Å². The Labute approximate surface area is 129 Å². The van der Waals surface area contributed by atoms with Crippen LogP contribution in [0.25, 0.3) is 11.0 Å². The fraction of sp³-hybridized carbons (Fsp3) is 0.533. The lowest BCUT2D eigenvalue weighted by atomic mass is 9.98. The largest absolute Gasteiger partial charge is 0.385 e. The predicted molar refractivity (Wildman–Crippen MR) is 82.2 cm³/mol. The van der Waals surface area contributed by atoms with E-state index in [0.717, 1.165) is 24.1 Å². The molecular formula is C15H21N5O2. The Morgan fingerprint density at radius 2 is 2.09 bits per heavy atom. The van der Waals surface area contributed by atoms with Crippen molar-refractivity contribution in [2.45, 2.75) is 32.4 Å². The highest BCUT2D eigenvalue weighted by atomic mass is 16.7. The maximum Gasteiger partial charge on any atom is 0.261 e. The van der Waals surface area contributed by atoms with Crippen LogP contribution < -0.4 is 10.2 Å². The number of carbonyl (C=O) groups is 1. The number of rotatable bonds is 4. The van der Waals surface area contributed by atoms with Gasteiger partial charge in [0, 0.05) is 18.6 Å². The third-order valence-corrected chi connectivity index (χ3v) is 3.83. The van der Waals surface area contributed by atoms with Gasteiger partial charge in [-0.2, -0.15) is 0 Å². The van der Waals surface area contributed by atoms with Crippen molar-refractivity contribution in [3.05, 3.63) is 24.3 Å². The number of para-hydroxylation sites is 1. The number of benzene rings is 1. The molecule has 1 amide bonds. The van der Waals surface area contributed by atoms with Gasteiger partial charge in [0.15, 0.2) is 6.61 Å². The molecule has 0 unspecified atom stereocenters. The summed E-state index contributed by atoms with van der Waals surface area (Å²) in [4.78, 5) is 20.9. The molecule has 0 aliphatic carbocycles. The molecule has 1 aromatic heterocycles. The van der Waals surface area contributed by atoms with E-state index < -0.39 is 0 Å². The zero-order valence-electron chi connectivity index (χ0n) is 13.1. The van der Waals surface area contributed by atoms with E-state index in [-0.39, 0.29) is 24.1 Å². The van der Waals surface area contributed by atoms with Crippen molar-refractivity contribution in [1.82, 2.24) is 25.4 Å². The predicted octanol–water partition coefficient (Wildman–Crippen LogP) is 0.459. The van der Waals surface area contributed by atoms with Crippen molar-refractivity contribution in [2.24, 2.45) is 0 Å². The summed E-state index contributed by atoms with van der Waals surface area (Å²) in [6, 6.07) is 7.65. The van der Waals surface area contributed by atoms with Crippen molar-refractivity contribution in [2.75, 3.05) is 19.7 Å². The third kappa shape index (κ3) is 3.04. The minimum atomic E-state index is -0.141. The molecule has 3 rings (SSSR count). The second-order valence-electron chi connectivity index (χ2n) is 6.56. The van der Waals surface area contributed by atoms with Crippen LogP contribution in [0.1, 0.15) is 20.8 Å². The molecule has 22 heavy (non-hydrogen) atoms. The van der Waals surface area contributed by atoms with Crippen LogP contribution in [0.2, 0.25) is 0 Å². The molecular weight excluding hydrogens is 282 g/mol. The van der Waals surface area contributed by atoms with E-state index in [0.29, 0.717) is 0 Å². The van der Waals surface area contributed by atoms with Crippen molar-refractivity contribution in [3.8, 4) is 0 Å². The number of likely N-dealkylation sites (tertiary alicyclic amines) is 1. The average Bonchev–Trinajstić information content (AvgIpc) is 2.82. The van der Waals surface area contributed by atoms with Gasteiger partial charge in [-0.25, -0.2) is 0 Å². The van der Waals surface area contributed by atoms with E-state index >= 15 is 0 Å². The fourth-order valence-electron chi connectivity index (χ4n) is 2.45. The second-order valence-corrected chi connectivity index (χ2v) is 6.56. The molecule has 0 bridgehead atoms. The van der Waals surface area contributed by atoms with Crippen molar-refractivity contribution >= 4 is 16.9 Å². The Hall–Kier alpha value is -2.15. The normalized spacial score (nSPS) is 16.5. The zero-order valence-corrected chi connectivity index (χ0v) is 13.1. The molecule has 2 heterocycles. The van der Waals surface area contributed by atoms with Crippen LogP contribution in [-0.4, -0.2) is 57.2 Å². The van der Waals surface area contributed by atoms with E-state index in [1.165, 1.54) is 4.85 Å². The Bertz CT molecular complexity index is 670. The number of nitrogens with one attached hydrogen (secondary N) is 1. The van der Waals surface area contributed by atoms with Crippen LogP contribution in [0.4, 0.5) is 0 Å². The molecule has 7 heteroatoms. The lowest BCUT2D eigenvalue weighted by molar-refractivity contribution is -0.128. The molecule has 1 aliphatic heterocycles. The van der Waals surface area contributed by atoms with Crippen LogP contribution >= 0.6 is 0 Å². The summed E-state index contributed by atoms with van der Waals surface area (Å²) in [5.41, 5.74) is 1.64. The van der Waals surface area contributed by atoms with Gasteiger partial charge in [0.2, 0.25) is 0 Å². The van der Waals surface area contributed by atoms with E-state index in [4.69, 9.17) is 4.84 Å². The van der Waals surface area contributed by atoms with Gasteiger partial charge in [-0.1, -0.05) is 17.0 Å². The summed E-state index contributed by atoms with van der Waals surface area (Å²) >= 11 is 0. The Morgan fingerprint density at radius 1 is 1.36 bits per heavy atom. The van der Waals surface area contributed by atoms with E-state index in [9.17, 15) is 4.79 Å². The first-order valence-electron chi connectivity index (χ1n) is 7.41. The highest BCUT2D eigenvalue weighted by Gasteiger charge is 2.34. The van der Waals surface area contributed by atoms with E-state index in [2.05, 4.69) is 41.3 Å². The topological polar surface area (TPSA) is 72.3 Å². The molecule has 0 spiro atoms. The molecule has 1 aromatic carbocycles. The molecule has 7 nitrogen and oxygen atoms in total.